The zero-order valence-electron chi connectivity index (χ0n) is 9.42. The highest BCUT2D eigenvalue weighted by Gasteiger charge is 2.19. The highest BCUT2D eigenvalue weighted by Crippen LogP contribution is 2.14. The van der Waals surface area contributed by atoms with Crippen LogP contribution in [0, 0.1) is 0 Å². The molecule has 0 aromatic rings. The first-order valence-corrected chi connectivity index (χ1v) is 5.77. The zero-order chi connectivity index (χ0) is 10.2. The molecule has 1 rings (SSSR count). The standard InChI is InChI=1S/C11H23NO2/c1-3-4-5-6-10(12-2)9-11-13-7-8-14-11/h10-12H,3-9H2,1-2H3. The molecule has 1 heterocycles. The van der Waals surface area contributed by atoms with Crippen LogP contribution in [0.25, 0.3) is 0 Å². The van der Waals surface area contributed by atoms with E-state index in [9.17, 15) is 0 Å². The highest BCUT2D eigenvalue weighted by molar-refractivity contribution is 4.68. The summed E-state index contributed by atoms with van der Waals surface area (Å²) < 4.78 is 10.9. The highest BCUT2D eigenvalue weighted by atomic mass is 16.7. The van der Waals surface area contributed by atoms with Crippen LogP contribution >= 0.6 is 0 Å². The third-order valence-electron chi connectivity index (χ3n) is 2.73. The predicted octanol–water partition coefficient (Wildman–Crippen LogP) is 1.92. The topological polar surface area (TPSA) is 30.5 Å². The quantitative estimate of drug-likeness (QED) is 0.638. The van der Waals surface area contributed by atoms with Crippen molar-refractivity contribution < 1.29 is 9.47 Å². The molecular formula is C11H23NO2. The Labute approximate surface area is 87.2 Å². The molecule has 1 saturated heterocycles. The summed E-state index contributed by atoms with van der Waals surface area (Å²) in [6, 6.07) is 0.546. The van der Waals surface area contributed by atoms with Crippen molar-refractivity contribution in [2.75, 3.05) is 20.3 Å². The van der Waals surface area contributed by atoms with Gasteiger partial charge in [-0.2, -0.15) is 0 Å². The molecule has 84 valence electrons. The molecule has 3 nitrogen and oxygen atoms in total. The SMILES string of the molecule is CCCCCC(CC1OCCO1)NC. The number of nitrogens with one attached hydrogen (secondary N) is 1. The van der Waals surface area contributed by atoms with E-state index in [0.29, 0.717) is 6.04 Å². The number of unbranched alkanes of at least 4 members (excludes halogenated alkanes) is 2. The lowest BCUT2D eigenvalue weighted by molar-refractivity contribution is -0.0528. The van der Waals surface area contributed by atoms with Gasteiger partial charge < -0.3 is 14.8 Å². The molecule has 0 aromatic heterocycles. The molecule has 0 radical (unpaired) electrons. The molecule has 1 atom stereocenters. The second-order valence-electron chi connectivity index (χ2n) is 3.89. The monoisotopic (exact) mass is 201 g/mol. The molecule has 1 aliphatic heterocycles. The van der Waals surface area contributed by atoms with Gasteiger partial charge in [0.15, 0.2) is 6.29 Å². The summed E-state index contributed by atoms with van der Waals surface area (Å²) in [5, 5.41) is 3.33. The lowest BCUT2D eigenvalue weighted by atomic mass is 10.1. The third kappa shape index (κ3) is 4.40. The molecule has 0 saturated carbocycles. The van der Waals surface area contributed by atoms with E-state index in [1.54, 1.807) is 0 Å². The van der Waals surface area contributed by atoms with E-state index >= 15 is 0 Å². The van der Waals surface area contributed by atoms with Gasteiger partial charge >= 0.3 is 0 Å². The summed E-state index contributed by atoms with van der Waals surface area (Å²) in [6.45, 7) is 3.75. The first kappa shape index (κ1) is 12.0. The Morgan fingerprint density at radius 1 is 1.29 bits per heavy atom. The van der Waals surface area contributed by atoms with Crippen molar-refractivity contribution in [1.29, 1.82) is 0 Å². The van der Waals surface area contributed by atoms with Gasteiger partial charge in [-0.15, -0.1) is 0 Å². The first-order chi connectivity index (χ1) is 6.86. The van der Waals surface area contributed by atoms with Gasteiger partial charge in [0.2, 0.25) is 0 Å². The van der Waals surface area contributed by atoms with Crippen LogP contribution in [0.15, 0.2) is 0 Å². The van der Waals surface area contributed by atoms with E-state index in [4.69, 9.17) is 9.47 Å². The molecule has 3 heteroatoms. The van der Waals surface area contributed by atoms with Crippen LogP contribution in [0.1, 0.15) is 39.0 Å². The number of ether oxygens (including phenoxy) is 2. The van der Waals surface area contributed by atoms with Crippen LogP contribution in [0.2, 0.25) is 0 Å². The molecule has 0 spiro atoms. The molecule has 1 N–H and O–H groups in total. The van der Waals surface area contributed by atoms with E-state index in [0.717, 1.165) is 19.6 Å². The summed E-state index contributed by atoms with van der Waals surface area (Å²) in [7, 11) is 2.02. The minimum absolute atomic E-state index is 0.0362. The van der Waals surface area contributed by atoms with Crippen LogP contribution in [0.3, 0.4) is 0 Å². The van der Waals surface area contributed by atoms with Gasteiger partial charge in [0.1, 0.15) is 0 Å². The maximum Gasteiger partial charge on any atom is 0.159 e. The van der Waals surface area contributed by atoms with Crippen LogP contribution in [0.5, 0.6) is 0 Å². The maximum atomic E-state index is 5.43. The fourth-order valence-electron chi connectivity index (χ4n) is 1.80. The van der Waals surface area contributed by atoms with Gasteiger partial charge in [0, 0.05) is 12.5 Å². The Morgan fingerprint density at radius 3 is 2.57 bits per heavy atom. The summed E-state index contributed by atoms with van der Waals surface area (Å²) >= 11 is 0. The van der Waals surface area contributed by atoms with Crippen molar-refractivity contribution in [3.05, 3.63) is 0 Å². The third-order valence-corrected chi connectivity index (χ3v) is 2.73. The Kier molecular flexibility index (Phi) is 6.15. The fraction of sp³-hybridized carbons (Fsp3) is 1.00. The number of rotatable bonds is 7. The minimum atomic E-state index is 0.0362. The average molecular weight is 201 g/mol. The molecule has 14 heavy (non-hydrogen) atoms. The van der Waals surface area contributed by atoms with Crippen LogP contribution < -0.4 is 5.32 Å². The maximum absolute atomic E-state index is 5.43. The molecular weight excluding hydrogens is 178 g/mol. The van der Waals surface area contributed by atoms with Gasteiger partial charge in [0.05, 0.1) is 13.2 Å². The fourth-order valence-corrected chi connectivity index (χ4v) is 1.80. The lowest BCUT2D eigenvalue weighted by Crippen LogP contribution is -2.30. The Balaban J connectivity index is 2.10. The molecule has 0 amide bonds. The molecule has 0 aliphatic carbocycles. The largest absolute Gasteiger partial charge is 0.350 e. The van der Waals surface area contributed by atoms with Crippen LogP contribution in [-0.2, 0) is 9.47 Å². The van der Waals surface area contributed by atoms with Crippen LogP contribution in [0.4, 0.5) is 0 Å². The lowest BCUT2D eigenvalue weighted by Gasteiger charge is -2.19. The van der Waals surface area contributed by atoms with Gasteiger partial charge in [-0.25, -0.2) is 0 Å². The molecule has 1 fully saturated rings. The van der Waals surface area contributed by atoms with E-state index in [2.05, 4.69) is 12.2 Å². The van der Waals surface area contributed by atoms with E-state index in [1.807, 2.05) is 7.05 Å². The summed E-state index contributed by atoms with van der Waals surface area (Å²) in [5.74, 6) is 0. The second kappa shape index (κ2) is 7.21. The van der Waals surface area contributed by atoms with Crippen molar-refractivity contribution in [2.24, 2.45) is 0 Å². The summed E-state index contributed by atoms with van der Waals surface area (Å²) in [5.41, 5.74) is 0. The van der Waals surface area contributed by atoms with Crippen molar-refractivity contribution in [3.8, 4) is 0 Å². The molecule has 1 aliphatic rings. The van der Waals surface area contributed by atoms with Crippen molar-refractivity contribution in [3.63, 3.8) is 0 Å². The van der Waals surface area contributed by atoms with Gasteiger partial charge in [-0.1, -0.05) is 26.2 Å². The van der Waals surface area contributed by atoms with Gasteiger partial charge in [-0.05, 0) is 13.5 Å². The van der Waals surface area contributed by atoms with E-state index in [-0.39, 0.29) is 6.29 Å². The Morgan fingerprint density at radius 2 is 2.00 bits per heavy atom. The summed E-state index contributed by atoms with van der Waals surface area (Å²) in [4.78, 5) is 0. The molecule has 1 unspecified atom stereocenters. The Hall–Kier alpha value is -0.120. The first-order valence-electron chi connectivity index (χ1n) is 5.77. The summed E-state index contributed by atoms with van der Waals surface area (Å²) in [6.07, 6.45) is 6.16. The number of hydrogen-bond acceptors (Lipinski definition) is 3. The van der Waals surface area contributed by atoms with Gasteiger partial charge in [0.25, 0.3) is 0 Å². The molecule has 0 bridgehead atoms. The minimum Gasteiger partial charge on any atom is -0.350 e. The normalized spacial score (nSPS) is 20.1. The number of hydrogen-bond donors (Lipinski definition) is 1. The van der Waals surface area contributed by atoms with E-state index < -0.39 is 0 Å². The van der Waals surface area contributed by atoms with Crippen molar-refractivity contribution >= 4 is 0 Å². The predicted molar refractivity (Wildman–Crippen MR) is 57.3 cm³/mol. The van der Waals surface area contributed by atoms with Crippen molar-refractivity contribution in [2.45, 2.75) is 51.4 Å². The van der Waals surface area contributed by atoms with Gasteiger partial charge in [-0.3, -0.25) is 0 Å². The Bertz CT molecular complexity index is 135. The van der Waals surface area contributed by atoms with Crippen LogP contribution in [-0.4, -0.2) is 32.6 Å². The smallest absolute Gasteiger partial charge is 0.159 e. The van der Waals surface area contributed by atoms with E-state index in [1.165, 1.54) is 25.7 Å². The van der Waals surface area contributed by atoms with Crippen molar-refractivity contribution in [1.82, 2.24) is 5.32 Å². The zero-order valence-corrected chi connectivity index (χ0v) is 9.42. The second-order valence-corrected chi connectivity index (χ2v) is 3.89. The average Bonchev–Trinajstić information content (AvgIpc) is 2.69. The molecule has 0 aromatic carbocycles.